The number of anilines is 2. The van der Waals surface area contributed by atoms with E-state index < -0.39 is 17.5 Å². The molecule has 21 heavy (non-hydrogen) atoms. The summed E-state index contributed by atoms with van der Waals surface area (Å²) in [6, 6.07) is 6.35. The highest BCUT2D eigenvalue weighted by Gasteiger charge is 2.15. The van der Waals surface area contributed by atoms with E-state index in [9.17, 15) is 13.6 Å². The summed E-state index contributed by atoms with van der Waals surface area (Å²) >= 11 is 2.93. The molecule has 0 aromatic heterocycles. The quantitative estimate of drug-likeness (QED) is 0.652. The zero-order valence-corrected chi connectivity index (χ0v) is 12.5. The second-order valence-electron chi connectivity index (χ2n) is 4.15. The summed E-state index contributed by atoms with van der Waals surface area (Å²) in [7, 11) is 1.45. The Morgan fingerprint density at radius 3 is 2.62 bits per heavy atom. The van der Waals surface area contributed by atoms with Gasteiger partial charge in [0.05, 0.1) is 22.8 Å². The fraction of sp³-hybridized carbons (Fsp3) is 0.0714. The van der Waals surface area contributed by atoms with Gasteiger partial charge in [-0.3, -0.25) is 4.79 Å². The number of nitrogen functional groups attached to an aromatic ring is 1. The van der Waals surface area contributed by atoms with Crippen molar-refractivity contribution in [1.29, 1.82) is 0 Å². The lowest BCUT2D eigenvalue weighted by atomic mass is 10.1. The Labute approximate surface area is 128 Å². The highest BCUT2D eigenvalue weighted by molar-refractivity contribution is 9.10. The molecule has 0 spiro atoms. The first-order valence-corrected chi connectivity index (χ1v) is 6.61. The highest BCUT2D eigenvalue weighted by Crippen LogP contribution is 2.25. The summed E-state index contributed by atoms with van der Waals surface area (Å²) < 4.78 is 31.8. The average molecular weight is 357 g/mol. The van der Waals surface area contributed by atoms with Crippen molar-refractivity contribution >= 4 is 33.2 Å². The molecule has 0 bridgehead atoms. The highest BCUT2D eigenvalue weighted by atomic mass is 79.9. The summed E-state index contributed by atoms with van der Waals surface area (Å²) in [4.78, 5) is 12.1. The first-order valence-electron chi connectivity index (χ1n) is 5.81. The first-order chi connectivity index (χ1) is 9.92. The van der Waals surface area contributed by atoms with Gasteiger partial charge >= 0.3 is 0 Å². The van der Waals surface area contributed by atoms with Crippen molar-refractivity contribution in [3.63, 3.8) is 0 Å². The number of methoxy groups -OCH3 is 1. The van der Waals surface area contributed by atoms with Crippen LogP contribution in [0.5, 0.6) is 5.75 Å². The van der Waals surface area contributed by atoms with Gasteiger partial charge in [0, 0.05) is 11.8 Å². The number of carbonyl (C=O) groups is 1. The van der Waals surface area contributed by atoms with E-state index >= 15 is 0 Å². The van der Waals surface area contributed by atoms with E-state index in [4.69, 9.17) is 10.5 Å². The van der Waals surface area contributed by atoms with E-state index in [0.29, 0.717) is 11.8 Å². The molecular weight excluding hydrogens is 346 g/mol. The van der Waals surface area contributed by atoms with Crippen LogP contribution >= 0.6 is 15.9 Å². The third-order valence-electron chi connectivity index (χ3n) is 2.76. The Hall–Kier alpha value is -2.15. The number of amides is 1. The largest absolute Gasteiger partial charge is 0.497 e. The molecule has 0 saturated carbocycles. The number of hydrogen-bond acceptors (Lipinski definition) is 3. The summed E-state index contributed by atoms with van der Waals surface area (Å²) in [5.41, 5.74) is 5.91. The van der Waals surface area contributed by atoms with Gasteiger partial charge in [-0.25, -0.2) is 8.78 Å². The van der Waals surface area contributed by atoms with Crippen molar-refractivity contribution < 1.29 is 18.3 Å². The number of ether oxygens (including phenoxy) is 1. The smallest absolute Gasteiger partial charge is 0.257 e. The lowest BCUT2D eigenvalue weighted by Crippen LogP contribution is -2.15. The maximum atomic E-state index is 13.6. The van der Waals surface area contributed by atoms with Crippen LogP contribution in [0.3, 0.4) is 0 Å². The summed E-state index contributed by atoms with van der Waals surface area (Å²) in [6.45, 7) is 0. The van der Waals surface area contributed by atoms with Crippen LogP contribution in [-0.2, 0) is 0 Å². The van der Waals surface area contributed by atoms with Crippen LogP contribution < -0.4 is 15.8 Å². The van der Waals surface area contributed by atoms with Gasteiger partial charge in [-0.1, -0.05) is 0 Å². The van der Waals surface area contributed by atoms with Gasteiger partial charge in [0.2, 0.25) is 0 Å². The molecule has 2 aromatic rings. The molecule has 1 amide bonds. The van der Waals surface area contributed by atoms with Crippen molar-refractivity contribution in [2.45, 2.75) is 0 Å². The number of rotatable bonds is 3. The third-order valence-corrected chi connectivity index (χ3v) is 3.37. The SMILES string of the molecule is COc1ccc(N)c(C(=O)Nc2cc(Br)c(F)cc2F)c1. The van der Waals surface area contributed by atoms with Gasteiger partial charge in [-0.15, -0.1) is 0 Å². The van der Waals surface area contributed by atoms with Gasteiger partial charge in [0.1, 0.15) is 17.4 Å². The minimum Gasteiger partial charge on any atom is -0.497 e. The molecule has 7 heteroatoms. The summed E-state index contributed by atoms with van der Waals surface area (Å²) in [6.07, 6.45) is 0. The predicted molar refractivity (Wildman–Crippen MR) is 79.4 cm³/mol. The van der Waals surface area contributed by atoms with Crippen molar-refractivity contribution in [3.05, 3.63) is 52.0 Å². The van der Waals surface area contributed by atoms with Crippen molar-refractivity contribution in [2.24, 2.45) is 0 Å². The normalized spacial score (nSPS) is 10.3. The molecule has 0 fully saturated rings. The molecular formula is C14H11BrF2N2O2. The minimum atomic E-state index is -0.884. The van der Waals surface area contributed by atoms with Crippen molar-refractivity contribution in [1.82, 2.24) is 0 Å². The van der Waals surface area contributed by atoms with Gasteiger partial charge in [-0.2, -0.15) is 0 Å². The molecule has 0 atom stereocenters. The second-order valence-corrected chi connectivity index (χ2v) is 5.01. The molecule has 0 heterocycles. The zero-order chi connectivity index (χ0) is 15.6. The lowest BCUT2D eigenvalue weighted by molar-refractivity contribution is 0.102. The Morgan fingerprint density at radius 2 is 1.95 bits per heavy atom. The van der Waals surface area contributed by atoms with E-state index in [1.54, 1.807) is 6.07 Å². The first kappa shape index (κ1) is 15.2. The van der Waals surface area contributed by atoms with Gasteiger partial charge in [0.15, 0.2) is 0 Å². The van der Waals surface area contributed by atoms with Crippen LogP contribution in [0.4, 0.5) is 20.2 Å². The van der Waals surface area contributed by atoms with Crippen LogP contribution in [0.2, 0.25) is 0 Å². The Balaban J connectivity index is 2.32. The number of nitrogens with one attached hydrogen (secondary N) is 1. The van der Waals surface area contributed by atoms with Gasteiger partial charge < -0.3 is 15.8 Å². The molecule has 0 unspecified atom stereocenters. The van der Waals surface area contributed by atoms with E-state index in [1.807, 2.05) is 0 Å². The van der Waals surface area contributed by atoms with E-state index in [-0.39, 0.29) is 21.4 Å². The van der Waals surface area contributed by atoms with Crippen LogP contribution in [0, 0.1) is 11.6 Å². The van der Waals surface area contributed by atoms with Crippen LogP contribution in [-0.4, -0.2) is 13.0 Å². The Morgan fingerprint density at radius 1 is 1.24 bits per heavy atom. The number of benzene rings is 2. The maximum absolute atomic E-state index is 13.6. The van der Waals surface area contributed by atoms with Crippen LogP contribution in [0.15, 0.2) is 34.8 Å². The molecule has 0 aliphatic rings. The fourth-order valence-corrected chi connectivity index (χ4v) is 2.01. The number of carbonyl (C=O) groups excluding carboxylic acids is 1. The molecule has 0 radical (unpaired) electrons. The number of nitrogens with two attached hydrogens (primary N) is 1. The molecule has 0 saturated heterocycles. The second kappa shape index (κ2) is 6.09. The van der Waals surface area contributed by atoms with E-state index in [2.05, 4.69) is 21.2 Å². The lowest BCUT2D eigenvalue weighted by Gasteiger charge is -2.10. The summed E-state index contributed by atoms with van der Waals surface area (Å²) in [5.74, 6) is -1.82. The molecule has 2 rings (SSSR count). The van der Waals surface area contributed by atoms with Crippen LogP contribution in [0.25, 0.3) is 0 Å². The van der Waals surface area contributed by atoms with Gasteiger partial charge in [0.25, 0.3) is 5.91 Å². The van der Waals surface area contributed by atoms with Gasteiger partial charge in [-0.05, 0) is 40.2 Å². The molecule has 2 aromatic carbocycles. The maximum Gasteiger partial charge on any atom is 0.257 e. The monoisotopic (exact) mass is 356 g/mol. The average Bonchev–Trinajstić information content (AvgIpc) is 2.45. The topological polar surface area (TPSA) is 64.3 Å². The molecule has 0 aliphatic carbocycles. The fourth-order valence-electron chi connectivity index (χ4n) is 1.67. The molecule has 0 aliphatic heterocycles. The molecule has 4 nitrogen and oxygen atoms in total. The minimum absolute atomic E-state index is 0.0396. The number of hydrogen-bond donors (Lipinski definition) is 2. The summed E-state index contributed by atoms with van der Waals surface area (Å²) in [5, 5.41) is 2.34. The predicted octanol–water partition coefficient (Wildman–Crippen LogP) is 3.57. The molecule has 3 N–H and O–H groups in total. The van der Waals surface area contributed by atoms with E-state index in [0.717, 1.165) is 6.07 Å². The Kier molecular flexibility index (Phi) is 4.42. The Bertz CT molecular complexity index is 708. The third kappa shape index (κ3) is 3.30. The standard InChI is InChI=1S/C14H11BrF2N2O2/c1-21-7-2-3-12(18)8(4-7)14(20)19-13-5-9(15)10(16)6-11(13)17/h2-6H,18H2,1H3,(H,19,20). The van der Waals surface area contributed by atoms with Crippen molar-refractivity contribution in [3.8, 4) is 5.75 Å². The van der Waals surface area contributed by atoms with Crippen molar-refractivity contribution in [2.75, 3.05) is 18.2 Å². The van der Waals surface area contributed by atoms with Crippen LogP contribution in [0.1, 0.15) is 10.4 Å². The number of halogens is 3. The zero-order valence-electron chi connectivity index (χ0n) is 10.9. The van der Waals surface area contributed by atoms with E-state index in [1.165, 1.54) is 19.2 Å². The molecule has 110 valence electrons.